The van der Waals surface area contributed by atoms with Gasteiger partial charge in [0.05, 0.1) is 28.3 Å². The first-order chi connectivity index (χ1) is 15.3. The van der Waals surface area contributed by atoms with Crippen LogP contribution in [-0.2, 0) is 15.6 Å². The van der Waals surface area contributed by atoms with Crippen LogP contribution >= 0.6 is 11.6 Å². The van der Waals surface area contributed by atoms with Crippen LogP contribution in [0.25, 0.3) is 22.3 Å². The molecule has 1 N–H and O–H groups in total. The van der Waals surface area contributed by atoms with Crippen LogP contribution in [-0.4, -0.2) is 34.3 Å². The summed E-state index contributed by atoms with van der Waals surface area (Å²) in [5.74, 6) is -2.48. The lowest BCUT2D eigenvalue weighted by Crippen LogP contribution is -2.11. The molecule has 0 aliphatic carbocycles. The van der Waals surface area contributed by atoms with Gasteiger partial charge in [-0.3, -0.25) is 5.10 Å². The summed E-state index contributed by atoms with van der Waals surface area (Å²) < 4.78 is 57.8. The number of nitrogens with zero attached hydrogens (tertiary/aromatic N) is 3. The van der Waals surface area contributed by atoms with Crippen molar-refractivity contribution in [3.05, 3.63) is 64.8 Å². The Kier molecular flexibility index (Phi) is 6.07. The number of hydrogen-bond acceptors (Lipinski definition) is 6. The van der Waals surface area contributed by atoms with Gasteiger partial charge in [0, 0.05) is 16.7 Å². The number of ether oxygens (including phenoxy) is 1. The Hall–Kier alpha value is -3.11. The molecule has 0 saturated heterocycles. The van der Waals surface area contributed by atoms with E-state index in [2.05, 4.69) is 20.2 Å². The van der Waals surface area contributed by atoms with Gasteiger partial charge >= 0.3 is 6.01 Å². The Balaban J connectivity index is 1.87. The van der Waals surface area contributed by atoms with E-state index in [9.17, 15) is 17.2 Å². The monoisotopic (exact) mass is 478 g/mol. The molecule has 0 aliphatic heterocycles. The third-order valence-electron chi connectivity index (χ3n) is 4.58. The van der Waals surface area contributed by atoms with E-state index in [4.69, 9.17) is 16.3 Å². The zero-order valence-electron chi connectivity index (χ0n) is 16.8. The van der Waals surface area contributed by atoms with E-state index in [-0.39, 0.29) is 28.9 Å². The van der Waals surface area contributed by atoms with Crippen LogP contribution < -0.4 is 4.74 Å². The SMILES string of the molecule is CCCS(=O)(=O)Cc1nc(Oc2ccc(F)cc2F)nc2n[nH]c(-c3ccccc3Cl)c12. The van der Waals surface area contributed by atoms with Gasteiger partial charge in [0.15, 0.2) is 27.1 Å². The van der Waals surface area contributed by atoms with Crippen molar-refractivity contribution in [3.63, 3.8) is 0 Å². The largest absolute Gasteiger partial charge is 0.421 e. The number of sulfone groups is 1. The van der Waals surface area contributed by atoms with Gasteiger partial charge in [-0.25, -0.2) is 17.2 Å². The van der Waals surface area contributed by atoms with Gasteiger partial charge in [-0.2, -0.15) is 15.1 Å². The highest BCUT2D eigenvalue weighted by molar-refractivity contribution is 7.90. The molecule has 0 amide bonds. The molecule has 2 aromatic carbocycles. The molecular weight excluding hydrogens is 462 g/mol. The number of halogens is 3. The van der Waals surface area contributed by atoms with Crippen molar-refractivity contribution in [3.8, 4) is 23.0 Å². The van der Waals surface area contributed by atoms with E-state index in [1.165, 1.54) is 0 Å². The molecule has 0 bridgehead atoms. The minimum Gasteiger partial charge on any atom is -0.421 e. The molecule has 4 rings (SSSR count). The third-order valence-corrected chi connectivity index (χ3v) is 6.65. The average Bonchev–Trinajstić information content (AvgIpc) is 3.14. The van der Waals surface area contributed by atoms with E-state index < -0.39 is 27.2 Å². The second-order valence-corrected chi connectivity index (χ2v) is 9.59. The summed E-state index contributed by atoms with van der Waals surface area (Å²) in [6, 6.07) is 9.42. The Morgan fingerprint density at radius 1 is 1.12 bits per heavy atom. The van der Waals surface area contributed by atoms with Crippen LogP contribution in [0.5, 0.6) is 11.8 Å². The van der Waals surface area contributed by atoms with E-state index in [0.717, 1.165) is 12.1 Å². The number of benzene rings is 2. The van der Waals surface area contributed by atoms with Crippen molar-refractivity contribution >= 4 is 32.5 Å². The molecular formula is C21H17ClF2N4O3S. The summed E-state index contributed by atoms with van der Waals surface area (Å²) >= 11 is 6.32. The molecule has 0 spiro atoms. The number of H-pyrrole nitrogens is 1. The Labute approximate surface area is 187 Å². The number of hydrogen-bond donors (Lipinski definition) is 1. The molecule has 166 valence electrons. The predicted octanol–water partition coefficient (Wildman–Crippen LogP) is 5.07. The minimum absolute atomic E-state index is 0.0411. The third kappa shape index (κ3) is 4.56. The molecule has 0 fully saturated rings. The molecule has 11 heteroatoms. The van der Waals surface area contributed by atoms with Crippen molar-refractivity contribution in [2.24, 2.45) is 0 Å². The van der Waals surface area contributed by atoms with Gasteiger partial charge in [0.25, 0.3) is 0 Å². The van der Waals surface area contributed by atoms with Crippen molar-refractivity contribution in [2.75, 3.05) is 5.75 Å². The summed E-state index contributed by atoms with van der Waals surface area (Å²) in [5.41, 5.74) is 1.29. The molecule has 7 nitrogen and oxygen atoms in total. The standard InChI is InChI=1S/C21H17ClF2N4O3S/c1-2-9-32(29,30)11-16-18-19(13-5-3-4-6-14(13)22)27-28-20(18)26-21(25-16)31-17-8-7-12(23)10-15(17)24/h3-8,10H,2,9,11H2,1H3,(H,25,26,27,28). The zero-order valence-corrected chi connectivity index (χ0v) is 18.3. The summed E-state index contributed by atoms with van der Waals surface area (Å²) in [6.07, 6.45) is 0.434. The van der Waals surface area contributed by atoms with Crippen LogP contribution in [0.3, 0.4) is 0 Å². The second kappa shape index (κ2) is 8.79. The maximum atomic E-state index is 14.0. The molecule has 2 heterocycles. The van der Waals surface area contributed by atoms with E-state index >= 15 is 0 Å². The van der Waals surface area contributed by atoms with Crippen molar-refractivity contribution in [1.29, 1.82) is 0 Å². The van der Waals surface area contributed by atoms with Gasteiger partial charge in [0.1, 0.15) is 5.82 Å². The average molecular weight is 479 g/mol. The quantitative estimate of drug-likeness (QED) is 0.398. The lowest BCUT2D eigenvalue weighted by atomic mass is 10.1. The molecule has 0 saturated carbocycles. The van der Waals surface area contributed by atoms with Crippen molar-refractivity contribution in [1.82, 2.24) is 20.2 Å². The Morgan fingerprint density at radius 2 is 1.91 bits per heavy atom. The first kappa shape index (κ1) is 22.1. The normalized spacial score (nSPS) is 11.8. The van der Waals surface area contributed by atoms with Crippen LogP contribution in [0.4, 0.5) is 8.78 Å². The highest BCUT2D eigenvalue weighted by Gasteiger charge is 2.23. The van der Waals surface area contributed by atoms with Crippen LogP contribution in [0, 0.1) is 11.6 Å². The molecule has 2 aromatic heterocycles. The molecule has 0 radical (unpaired) electrons. The fourth-order valence-corrected chi connectivity index (χ4v) is 4.85. The summed E-state index contributed by atoms with van der Waals surface area (Å²) in [4.78, 5) is 8.41. The topological polar surface area (TPSA) is 97.8 Å². The molecule has 4 aromatic rings. The van der Waals surface area contributed by atoms with Gasteiger partial charge in [0.2, 0.25) is 0 Å². The Morgan fingerprint density at radius 3 is 2.62 bits per heavy atom. The maximum Gasteiger partial charge on any atom is 0.324 e. The van der Waals surface area contributed by atoms with Gasteiger partial charge in [-0.15, -0.1) is 0 Å². The molecule has 0 atom stereocenters. The van der Waals surface area contributed by atoms with Crippen molar-refractivity contribution < 1.29 is 21.9 Å². The number of nitrogens with one attached hydrogen (secondary N) is 1. The maximum absolute atomic E-state index is 14.0. The highest BCUT2D eigenvalue weighted by atomic mass is 35.5. The van der Waals surface area contributed by atoms with Crippen LogP contribution in [0.15, 0.2) is 42.5 Å². The van der Waals surface area contributed by atoms with Crippen LogP contribution in [0.1, 0.15) is 19.0 Å². The fraction of sp³-hybridized carbons (Fsp3) is 0.190. The predicted molar refractivity (Wildman–Crippen MR) is 116 cm³/mol. The van der Waals surface area contributed by atoms with Crippen molar-refractivity contribution in [2.45, 2.75) is 19.1 Å². The van der Waals surface area contributed by atoms with E-state index in [0.29, 0.717) is 34.2 Å². The number of aromatic amines is 1. The second-order valence-electron chi connectivity index (χ2n) is 7.00. The summed E-state index contributed by atoms with van der Waals surface area (Å²) in [5, 5.41) is 7.77. The lowest BCUT2D eigenvalue weighted by molar-refractivity contribution is 0.408. The van der Waals surface area contributed by atoms with Gasteiger partial charge in [-0.05, 0) is 24.6 Å². The Bertz CT molecular complexity index is 1410. The molecule has 32 heavy (non-hydrogen) atoms. The highest BCUT2D eigenvalue weighted by Crippen LogP contribution is 2.34. The minimum atomic E-state index is -3.51. The van der Waals surface area contributed by atoms with Gasteiger partial charge < -0.3 is 4.74 Å². The first-order valence-electron chi connectivity index (χ1n) is 9.60. The van der Waals surface area contributed by atoms with Crippen LogP contribution in [0.2, 0.25) is 5.02 Å². The number of rotatable bonds is 7. The smallest absolute Gasteiger partial charge is 0.324 e. The van der Waals surface area contributed by atoms with Gasteiger partial charge in [-0.1, -0.05) is 36.7 Å². The summed E-state index contributed by atoms with van der Waals surface area (Å²) in [6.45, 7) is 1.76. The molecule has 0 aliphatic rings. The molecule has 0 unspecified atom stereocenters. The van der Waals surface area contributed by atoms with E-state index in [1.54, 1.807) is 31.2 Å². The first-order valence-corrected chi connectivity index (χ1v) is 11.8. The number of aromatic nitrogens is 4. The fourth-order valence-electron chi connectivity index (χ4n) is 3.23. The van der Waals surface area contributed by atoms with E-state index in [1.807, 2.05) is 0 Å². The number of fused-ring (bicyclic) bond motifs is 1. The summed E-state index contributed by atoms with van der Waals surface area (Å²) in [7, 11) is -3.51. The lowest BCUT2D eigenvalue weighted by Gasteiger charge is -2.10. The zero-order chi connectivity index (χ0) is 22.9.